The number of rotatable bonds is 5. The Kier molecular flexibility index (Phi) is 5.42. The largest absolute Gasteiger partial charge is 0.508 e. The summed E-state index contributed by atoms with van der Waals surface area (Å²) < 4.78 is 0. The molecule has 6 heteroatoms. The monoisotopic (exact) mass is 328 g/mol. The second-order valence-electron chi connectivity index (χ2n) is 5.61. The molecule has 0 spiro atoms. The number of nitrogens with zero attached hydrogens (tertiary/aromatic N) is 2. The van der Waals surface area contributed by atoms with Crippen LogP contribution in [0.25, 0.3) is 0 Å². The van der Waals surface area contributed by atoms with Gasteiger partial charge in [-0.25, -0.2) is 0 Å². The van der Waals surface area contributed by atoms with Crippen LogP contribution in [0, 0.1) is 13.8 Å². The van der Waals surface area contributed by atoms with Crippen LogP contribution in [0.5, 0.6) is 11.5 Å². The van der Waals surface area contributed by atoms with Gasteiger partial charge in [-0.05, 0) is 56.5 Å². The number of benzene rings is 2. The molecule has 0 saturated heterocycles. The van der Waals surface area contributed by atoms with E-state index >= 15 is 0 Å². The van der Waals surface area contributed by atoms with E-state index in [1.165, 1.54) is 12.1 Å². The number of phenols is 2. The van der Waals surface area contributed by atoms with Gasteiger partial charge in [-0.2, -0.15) is 0 Å². The molecule has 24 heavy (non-hydrogen) atoms. The molecule has 4 N–H and O–H groups in total. The summed E-state index contributed by atoms with van der Waals surface area (Å²) in [5.74, 6) is 0.0913. The zero-order chi connectivity index (χ0) is 17.7. The van der Waals surface area contributed by atoms with Gasteiger partial charge < -0.3 is 20.6 Å². The molecule has 0 atom stereocenters. The van der Waals surface area contributed by atoms with E-state index < -0.39 is 0 Å². The van der Waals surface area contributed by atoms with Crippen LogP contribution in [-0.4, -0.2) is 32.1 Å². The first-order valence-electron chi connectivity index (χ1n) is 7.48. The van der Waals surface area contributed by atoms with Gasteiger partial charge >= 0.3 is 0 Å². The Labute approximate surface area is 140 Å². The van der Waals surface area contributed by atoms with E-state index in [0.29, 0.717) is 16.8 Å². The minimum Gasteiger partial charge on any atom is -0.508 e. The van der Waals surface area contributed by atoms with E-state index in [-0.39, 0.29) is 30.1 Å². The minimum absolute atomic E-state index is 0.0180. The number of phenolic OH excluding ortho intramolecular Hbond substituents is 2. The standard InChI is InChI=1S/C18H20N2O4/c1-11-3-8-18(22)15(9-11)17(20-24)7-6-16(19-23)14-10-13(21)5-4-12(14)2/h3-5,8-10,21-24H,6-7H2,1-2H3/b19-16?,20-17-. The molecule has 0 bridgehead atoms. The van der Waals surface area contributed by atoms with Crippen LogP contribution in [0.1, 0.15) is 35.1 Å². The first-order valence-corrected chi connectivity index (χ1v) is 7.48. The summed E-state index contributed by atoms with van der Waals surface area (Å²) >= 11 is 0. The number of oxime groups is 2. The molecule has 2 aromatic rings. The van der Waals surface area contributed by atoms with Crippen LogP contribution in [0.3, 0.4) is 0 Å². The maximum atomic E-state index is 9.95. The average Bonchev–Trinajstić information content (AvgIpc) is 2.57. The first-order chi connectivity index (χ1) is 11.5. The van der Waals surface area contributed by atoms with Gasteiger partial charge in [0, 0.05) is 11.1 Å². The van der Waals surface area contributed by atoms with Gasteiger partial charge in [0.25, 0.3) is 0 Å². The Morgan fingerprint density at radius 1 is 0.833 bits per heavy atom. The van der Waals surface area contributed by atoms with Crippen LogP contribution >= 0.6 is 0 Å². The molecular weight excluding hydrogens is 308 g/mol. The van der Waals surface area contributed by atoms with E-state index in [9.17, 15) is 20.6 Å². The van der Waals surface area contributed by atoms with E-state index in [2.05, 4.69) is 10.3 Å². The lowest BCUT2D eigenvalue weighted by Crippen LogP contribution is -2.09. The Hall–Kier alpha value is -3.02. The predicted molar refractivity (Wildman–Crippen MR) is 91.6 cm³/mol. The quantitative estimate of drug-likeness (QED) is 0.382. The Morgan fingerprint density at radius 2 is 1.46 bits per heavy atom. The fraction of sp³-hybridized carbons (Fsp3) is 0.222. The molecule has 0 unspecified atom stereocenters. The molecule has 6 nitrogen and oxygen atoms in total. The lowest BCUT2D eigenvalue weighted by Gasteiger charge is -2.11. The Bertz CT molecular complexity index is 730. The second-order valence-corrected chi connectivity index (χ2v) is 5.61. The molecule has 0 fully saturated rings. The normalized spacial score (nSPS) is 12.4. The van der Waals surface area contributed by atoms with Crippen molar-refractivity contribution in [2.24, 2.45) is 10.3 Å². The van der Waals surface area contributed by atoms with Crippen LogP contribution in [0.2, 0.25) is 0 Å². The van der Waals surface area contributed by atoms with Crippen molar-refractivity contribution in [1.82, 2.24) is 0 Å². The summed E-state index contributed by atoms with van der Waals surface area (Å²) in [6.07, 6.45) is 0.523. The predicted octanol–water partition coefficient (Wildman–Crippen LogP) is 3.55. The van der Waals surface area contributed by atoms with Gasteiger partial charge in [0.1, 0.15) is 11.5 Å². The molecule has 2 rings (SSSR count). The van der Waals surface area contributed by atoms with Gasteiger partial charge in [-0.3, -0.25) is 0 Å². The maximum Gasteiger partial charge on any atom is 0.124 e. The molecule has 0 aliphatic carbocycles. The highest BCUT2D eigenvalue weighted by atomic mass is 16.4. The van der Waals surface area contributed by atoms with Gasteiger partial charge in [0.2, 0.25) is 0 Å². The summed E-state index contributed by atoms with van der Waals surface area (Å²) in [7, 11) is 0. The molecule has 0 amide bonds. The molecule has 0 heterocycles. The third kappa shape index (κ3) is 3.84. The number of hydrogen-bond acceptors (Lipinski definition) is 6. The summed E-state index contributed by atoms with van der Waals surface area (Å²) in [5, 5.41) is 44.7. The summed E-state index contributed by atoms with van der Waals surface area (Å²) in [5.41, 5.74) is 3.46. The van der Waals surface area contributed by atoms with Crippen molar-refractivity contribution in [3.05, 3.63) is 58.7 Å². The zero-order valence-corrected chi connectivity index (χ0v) is 13.6. The summed E-state index contributed by atoms with van der Waals surface area (Å²) in [6, 6.07) is 9.81. The van der Waals surface area contributed by atoms with E-state index in [0.717, 1.165) is 11.1 Å². The van der Waals surface area contributed by atoms with Crippen LogP contribution in [0.4, 0.5) is 0 Å². The molecular formula is C18H20N2O4. The van der Waals surface area contributed by atoms with Crippen molar-refractivity contribution in [2.75, 3.05) is 0 Å². The third-order valence-corrected chi connectivity index (χ3v) is 3.84. The molecule has 0 aromatic heterocycles. The Morgan fingerprint density at radius 3 is 2.08 bits per heavy atom. The lowest BCUT2D eigenvalue weighted by atomic mass is 9.96. The van der Waals surface area contributed by atoms with Crippen LogP contribution in [0.15, 0.2) is 46.7 Å². The van der Waals surface area contributed by atoms with Gasteiger partial charge in [0.15, 0.2) is 0 Å². The van der Waals surface area contributed by atoms with E-state index in [4.69, 9.17) is 0 Å². The third-order valence-electron chi connectivity index (χ3n) is 3.84. The Balaban J connectivity index is 2.23. The van der Waals surface area contributed by atoms with Crippen molar-refractivity contribution >= 4 is 11.4 Å². The average molecular weight is 328 g/mol. The maximum absolute atomic E-state index is 9.95. The summed E-state index contributed by atoms with van der Waals surface area (Å²) in [6.45, 7) is 3.71. The van der Waals surface area contributed by atoms with Gasteiger partial charge in [-0.15, -0.1) is 0 Å². The lowest BCUT2D eigenvalue weighted by molar-refractivity contribution is 0.316. The zero-order valence-electron chi connectivity index (χ0n) is 13.6. The highest BCUT2D eigenvalue weighted by Crippen LogP contribution is 2.23. The smallest absolute Gasteiger partial charge is 0.124 e. The highest BCUT2D eigenvalue weighted by molar-refractivity contribution is 6.07. The first kappa shape index (κ1) is 17.3. The number of aryl methyl sites for hydroxylation is 2. The number of aromatic hydroxyl groups is 2. The SMILES string of the molecule is Cc1ccc(O)c(/C(CCC(=NO)c2cc(O)ccc2C)=N\O)c1. The van der Waals surface area contributed by atoms with Crippen molar-refractivity contribution in [1.29, 1.82) is 0 Å². The number of hydrogen-bond donors (Lipinski definition) is 4. The second kappa shape index (κ2) is 7.50. The summed E-state index contributed by atoms with van der Waals surface area (Å²) in [4.78, 5) is 0. The van der Waals surface area contributed by atoms with Crippen molar-refractivity contribution < 1.29 is 20.6 Å². The van der Waals surface area contributed by atoms with Gasteiger partial charge in [-0.1, -0.05) is 28.0 Å². The van der Waals surface area contributed by atoms with Crippen molar-refractivity contribution in [2.45, 2.75) is 26.7 Å². The fourth-order valence-electron chi connectivity index (χ4n) is 2.52. The minimum atomic E-state index is 0.0180. The van der Waals surface area contributed by atoms with Crippen molar-refractivity contribution in [3.8, 4) is 11.5 Å². The van der Waals surface area contributed by atoms with Crippen LogP contribution < -0.4 is 0 Å². The van der Waals surface area contributed by atoms with E-state index in [1.807, 2.05) is 13.8 Å². The highest BCUT2D eigenvalue weighted by Gasteiger charge is 2.14. The molecule has 0 saturated carbocycles. The molecule has 0 radical (unpaired) electrons. The molecule has 0 aliphatic heterocycles. The molecule has 0 aliphatic rings. The fourth-order valence-corrected chi connectivity index (χ4v) is 2.52. The molecule has 2 aromatic carbocycles. The molecule has 126 valence electrons. The van der Waals surface area contributed by atoms with Crippen molar-refractivity contribution in [3.63, 3.8) is 0 Å². The topological polar surface area (TPSA) is 106 Å². The van der Waals surface area contributed by atoms with E-state index in [1.54, 1.807) is 24.3 Å². The van der Waals surface area contributed by atoms with Crippen LogP contribution in [-0.2, 0) is 0 Å². The van der Waals surface area contributed by atoms with Gasteiger partial charge in [0.05, 0.1) is 11.4 Å².